The zero-order valence-electron chi connectivity index (χ0n) is 17.3. The zero-order valence-corrected chi connectivity index (χ0v) is 17.3. The molecule has 1 aromatic heterocycles. The molecule has 3 amide bonds. The number of hydrogen-bond donors (Lipinski definition) is 2. The van der Waals surface area contributed by atoms with E-state index < -0.39 is 0 Å². The number of nitrogens with zero attached hydrogens (tertiary/aromatic N) is 2. The van der Waals surface area contributed by atoms with Crippen molar-refractivity contribution in [3.05, 3.63) is 23.9 Å². The number of nitrogens with one attached hydrogen (secondary N) is 2. The van der Waals surface area contributed by atoms with Crippen molar-refractivity contribution in [1.82, 2.24) is 15.2 Å². The Bertz CT molecular complexity index is 649. The van der Waals surface area contributed by atoms with Gasteiger partial charge in [0.1, 0.15) is 5.82 Å². The van der Waals surface area contributed by atoms with E-state index in [4.69, 9.17) is 4.74 Å². The van der Waals surface area contributed by atoms with Gasteiger partial charge in [-0.05, 0) is 37.0 Å². The van der Waals surface area contributed by atoms with Crippen LogP contribution in [0.25, 0.3) is 0 Å². The Labute approximate surface area is 167 Å². The normalized spacial score (nSPS) is 10.6. The molecule has 0 aromatic carbocycles. The van der Waals surface area contributed by atoms with Crippen molar-refractivity contribution in [2.45, 2.75) is 40.0 Å². The largest absolute Gasteiger partial charge is 0.383 e. The van der Waals surface area contributed by atoms with Gasteiger partial charge in [-0.1, -0.05) is 13.8 Å². The van der Waals surface area contributed by atoms with Gasteiger partial charge in [0, 0.05) is 39.2 Å². The summed E-state index contributed by atoms with van der Waals surface area (Å²) in [5, 5.41) is 5.49. The molecule has 0 spiro atoms. The summed E-state index contributed by atoms with van der Waals surface area (Å²) in [6.07, 6.45) is 2.53. The molecular formula is C20H32N4O4. The van der Waals surface area contributed by atoms with Crippen LogP contribution in [0.3, 0.4) is 0 Å². The molecule has 0 aliphatic rings. The molecule has 0 radical (unpaired) electrons. The van der Waals surface area contributed by atoms with Crippen LogP contribution in [0.15, 0.2) is 18.3 Å². The standard InChI is InChI=1S/C20H32N4O4/c1-15(2)7-9-22-19(26)14-24(11-12-28-4)20(27)6-5-18(25)23-17-13-16(3)8-10-21-17/h8,10,13,15H,5-7,9,11-12,14H2,1-4H3,(H,22,26)(H,21,23,25). The average molecular weight is 393 g/mol. The summed E-state index contributed by atoms with van der Waals surface area (Å²) in [5.74, 6) is 0.188. The minimum absolute atomic E-state index is 0.0145. The maximum Gasteiger partial charge on any atom is 0.239 e. The van der Waals surface area contributed by atoms with E-state index in [-0.39, 0.29) is 37.1 Å². The molecule has 156 valence electrons. The van der Waals surface area contributed by atoms with Crippen LogP contribution in [0, 0.1) is 12.8 Å². The van der Waals surface area contributed by atoms with Crippen molar-refractivity contribution in [2.75, 3.05) is 38.7 Å². The molecule has 0 aliphatic carbocycles. The van der Waals surface area contributed by atoms with Gasteiger partial charge < -0.3 is 20.3 Å². The SMILES string of the molecule is COCCN(CC(=O)NCCC(C)C)C(=O)CCC(=O)Nc1cc(C)ccn1. The Morgan fingerprint density at radius 1 is 1.21 bits per heavy atom. The van der Waals surface area contributed by atoms with Gasteiger partial charge in [0.2, 0.25) is 17.7 Å². The Hall–Kier alpha value is -2.48. The summed E-state index contributed by atoms with van der Waals surface area (Å²) < 4.78 is 5.02. The van der Waals surface area contributed by atoms with Gasteiger partial charge in [0.25, 0.3) is 0 Å². The predicted molar refractivity (Wildman–Crippen MR) is 108 cm³/mol. The van der Waals surface area contributed by atoms with Crippen LogP contribution in [-0.2, 0) is 19.1 Å². The van der Waals surface area contributed by atoms with E-state index in [0.29, 0.717) is 31.4 Å². The number of carbonyl (C=O) groups is 3. The lowest BCUT2D eigenvalue weighted by molar-refractivity contribution is -0.137. The number of aryl methyl sites for hydroxylation is 1. The van der Waals surface area contributed by atoms with Gasteiger partial charge in [-0.3, -0.25) is 14.4 Å². The van der Waals surface area contributed by atoms with E-state index in [2.05, 4.69) is 29.5 Å². The molecule has 8 heteroatoms. The molecule has 0 saturated carbocycles. The molecule has 0 fully saturated rings. The smallest absolute Gasteiger partial charge is 0.239 e. The lowest BCUT2D eigenvalue weighted by atomic mass is 10.1. The van der Waals surface area contributed by atoms with Crippen LogP contribution in [0.4, 0.5) is 5.82 Å². The summed E-state index contributed by atoms with van der Waals surface area (Å²) in [7, 11) is 1.54. The first-order chi connectivity index (χ1) is 13.3. The van der Waals surface area contributed by atoms with E-state index >= 15 is 0 Å². The minimum atomic E-state index is -0.292. The van der Waals surface area contributed by atoms with Gasteiger partial charge in [-0.25, -0.2) is 4.98 Å². The van der Waals surface area contributed by atoms with E-state index in [1.165, 1.54) is 12.0 Å². The summed E-state index contributed by atoms with van der Waals surface area (Å²) in [6, 6.07) is 3.59. The lowest BCUT2D eigenvalue weighted by Crippen LogP contribution is -2.42. The molecule has 0 bridgehead atoms. The molecule has 1 rings (SSSR count). The summed E-state index contributed by atoms with van der Waals surface area (Å²) in [4.78, 5) is 42.1. The average Bonchev–Trinajstić information content (AvgIpc) is 2.62. The molecule has 1 heterocycles. The van der Waals surface area contributed by atoms with Crippen molar-refractivity contribution in [1.29, 1.82) is 0 Å². The van der Waals surface area contributed by atoms with Gasteiger partial charge in [-0.15, -0.1) is 0 Å². The molecule has 0 atom stereocenters. The zero-order chi connectivity index (χ0) is 20.9. The first-order valence-electron chi connectivity index (χ1n) is 9.57. The van der Waals surface area contributed by atoms with Crippen molar-refractivity contribution >= 4 is 23.5 Å². The molecule has 0 unspecified atom stereocenters. The Morgan fingerprint density at radius 2 is 1.96 bits per heavy atom. The molecule has 0 saturated heterocycles. The van der Waals surface area contributed by atoms with Crippen LogP contribution in [0.2, 0.25) is 0 Å². The molecule has 28 heavy (non-hydrogen) atoms. The van der Waals surface area contributed by atoms with E-state index in [1.54, 1.807) is 12.3 Å². The van der Waals surface area contributed by atoms with Crippen molar-refractivity contribution in [3.8, 4) is 0 Å². The van der Waals surface area contributed by atoms with Crippen molar-refractivity contribution in [3.63, 3.8) is 0 Å². The minimum Gasteiger partial charge on any atom is -0.383 e. The fourth-order valence-corrected chi connectivity index (χ4v) is 2.41. The number of hydrogen-bond acceptors (Lipinski definition) is 5. The number of aromatic nitrogens is 1. The van der Waals surface area contributed by atoms with Crippen LogP contribution in [-0.4, -0.2) is 61.0 Å². The Kier molecular flexibility index (Phi) is 10.8. The van der Waals surface area contributed by atoms with Crippen LogP contribution in [0.1, 0.15) is 38.7 Å². The second-order valence-electron chi connectivity index (χ2n) is 7.11. The predicted octanol–water partition coefficient (Wildman–Crippen LogP) is 1.75. The number of amides is 3. The number of rotatable bonds is 12. The number of anilines is 1. The highest BCUT2D eigenvalue weighted by molar-refractivity contribution is 5.93. The molecule has 1 aromatic rings. The third-order valence-corrected chi connectivity index (χ3v) is 4.05. The highest BCUT2D eigenvalue weighted by atomic mass is 16.5. The second-order valence-corrected chi connectivity index (χ2v) is 7.11. The highest BCUT2D eigenvalue weighted by Crippen LogP contribution is 2.07. The van der Waals surface area contributed by atoms with Crippen molar-refractivity contribution in [2.24, 2.45) is 5.92 Å². The molecular weight excluding hydrogens is 360 g/mol. The first kappa shape index (κ1) is 23.6. The first-order valence-corrected chi connectivity index (χ1v) is 9.57. The summed E-state index contributed by atoms with van der Waals surface area (Å²) in [5.41, 5.74) is 0.982. The number of carbonyl (C=O) groups excluding carboxylic acids is 3. The van der Waals surface area contributed by atoms with Crippen molar-refractivity contribution < 1.29 is 19.1 Å². The maximum absolute atomic E-state index is 12.5. The van der Waals surface area contributed by atoms with E-state index in [1.807, 2.05) is 13.0 Å². The third-order valence-electron chi connectivity index (χ3n) is 4.05. The number of pyridine rings is 1. The fourth-order valence-electron chi connectivity index (χ4n) is 2.41. The van der Waals surface area contributed by atoms with Crippen LogP contribution in [0.5, 0.6) is 0 Å². The van der Waals surface area contributed by atoms with Crippen LogP contribution >= 0.6 is 0 Å². The monoisotopic (exact) mass is 392 g/mol. The molecule has 8 nitrogen and oxygen atoms in total. The second kappa shape index (κ2) is 12.8. The summed E-state index contributed by atoms with van der Waals surface area (Å²) >= 11 is 0. The van der Waals surface area contributed by atoms with Gasteiger partial charge >= 0.3 is 0 Å². The highest BCUT2D eigenvalue weighted by Gasteiger charge is 2.18. The Morgan fingerprint density at radius 3 is 2.61 bits per heavy atom. The van der Waals surface area contributed by atoms with E-state index in [9.17, 15) is 14.4 Å². The maximum atomic E-state index is 12.5. The van der Waals surface area contributed by atoms with E-state index in [0.717, 1.165) is 12.0 Å². The quantitative estimate of drug-likeness (QED) is 0.564. The third kappa shape index (κ3) is 10.0. The Balaban J connectivity index is 2.49. The fraction of sp³-hybridized carbons (Fsp3) is 0.600. The van der Waals surface area contributed by atoms with Gasteiger partial charge in [-0.2, -0.15) is 0 Å². The molecule has 0 aliphatic heterocycles. The summed E-state index contributed by atoms with van der Waals surface area (Å²) in [6.45, 7) is 7.23. The van der Waals surface area contributed by atoms with Gasteiger partial charge in [0.05, 0.1) is 13.2 Å². The topological polar surface area (TPSA) is 101 Å². The number of ether oxygens (including phenoxy) is 1. The van der Waals surface area contributed by atoms with Gasteiger partial charge in [0.15, 0.2) is 0 Å². The molecule has 2 N–H and O–H groups in total. The lowest BCUT2D eigenvalue weighted by Gasteiger charge is -2.22. The van der Waals surface area contributed by atoms with Crippen LogP contribution < -0.4 is 10.6 Å². The number of methoxy groups -OCH3 is 1.